The van der Waals surface area contributed by atoms with Crippen molar-refractivity contribution in [1.82, 2.24) is 15.5 Å². The number of rotatable bonds is 9. The number of urea groups is 1. The number of benzene rings is 3. The second-order valence-corrected chi connectivity index (χ2v) is 9.14. The number of aliphatic carboxylic acids is 1. The van der Waals surface area contributed by atoms with Gasteiger partial charge in [0.25, 0.3) is 5.91 Å². The van der Waals surface area contributed by atoms with Crippen LogP contribution >= 0.6 is 0 Å². The molecule has 1 aliphatic rings. The van der Waals surface area contributed by atoms with Gasteiger partial charge in [-0.05, 0) is 29.2 Å². The van der Waals surface area contributed by atoms with Gasteiger partial charge in [0.05, 0.1) is 12.5 Å². The van der Waals surface area contributed by atoms with E-state index in [1.807, 2.05) is 42.5 Å². The van der Waals surface area contributed by atoms with E-state index in [-0.39, 0.29) is 12.3 Å². The SMILES string of the molecule is C[C@@]1(c2ccc(C(=N)N)cc2)NC(=O)N(CC(=O)N[C@@H](CC(=O)O)c2ccc(-c3ccccc3)cc2)C1=O. The molecule has 0 unspecified atom stereocenters. The van der Waals surface area contributed by atoms with E-state index in [2.05, 4.69) is 10.6 Å². The predicted octanol–water partition coefficient (Wildman–Crippen LogP) is 2.74. The maximum absolute atomic E-state index is 13.2. The molecule has 3 aromatic rings. The van der Waals surface area contributed by atoms with E-state index in [9.17, 15) is 24.3 Å². The van der Waals surface area contributed by atoms with Crippen LogP contribution in [0.5, 0.6) is 0 Å². The van der Waals surface area contributed by atoms with E-state index in [1.165, 1.54) is 6.92 Å². The zero-order valence-corrected chi connectivity index (χ0v) is 20.6. The summed E-state index contributed by atoms with van der Waals surface area (Å²) in [5.74, 6) is -2.55. The third kappa shape index (κ3) is 5.39. The summed E-state index contributed by atoms with van der Waals surface area (Å²) in [6.07, 6.45) is -0.378. The molecule has 1 fully saturated rings. The molecule has 3 aromatic carbocycles. The lowest BCUT2D eigenvalue weighted by Crippen LogP contribution is -2.44. The molecular formula is C28H27N5O5. The standard InChI is InChI=1S/C28H27N5O5/c1-28(21-13-11-20(12-14-21)25(29)30)26(37)33(27(38)32-28)16-23(34)31-22(15-24(35)36)19-9-7-18(8-10-19)17-5-3-2-4-6-17/h2-14,22H,15-16H2,1H3,(H3,29,30)(H,31,34)(H,32,38)(H,35,36)/t22-,28-/m0/s1. The first-order valence-electron chi connectivity index (χ1n) is 11.8. The lowest BCUT2D eigenvalue weighted by atomic mass is 9.91. The summed E-state index contributed by atoms with van der Waals surface area (Å²) in [4.78, 5) is 51.1. The van der Waals surface area contributed by atoms with Crippen LogP contribution in [0.2, 0.25) is 0 Å². The van der Waals surface area contributed by atoms with Gasteiger partial charge in [0.15, 0.2) is 0 Å². The molecule has 1 heterocycles. The molecule has 4 rings (SSSR count). The van der Waals surface area contributed by atoms with Gasteiger partial charge in [0.2, 0.25) is 5.91 Å². The third-order valence-corrected chi connectivity index (χ3v) is 6.48. The highest BCUT2D eigenvalue weighted by molar-refractivity contribution is 6.09. The summed E-state index contributed by atoms with van der Waals surface area (Å²) in [5.41, 5.74) is 7.50. The first kappa shape index (κ1) is 26.1. The maximum atomic E-state index is 13.2. The number of hydrogen-bond acceptors (Lipinski definition) is 5. The van der Waals surface area contributed by atoms with Crippen molar-refractivity contribution >= 4 is 29.7 Å². The molecule has 1 saturated heterocycles. The van der Waals surface area contributed by atoms with E-state index in [1.54, 1.807) is 36.4 Å². The summed E-state index contributed by atoms with van der Waals surface area (Å²) in [5, 5.41) is 22.2. The zero-order chi connectivity index (χ0) is 27.4. The normalized spacial score (nSPS) is 17.6. The molecule has 4 amide bonds. The van der Waals surface area contributed by atoms with Crippen molar-refractivity contribution in [2.24, 2.45) is 5.73 Å². The van der Waals surface area contributed by atoms with Gasteiger partial charge in [-0.15, -0.1) is 0 Å². The Morgan fingerprint density at radius 3 is 2.18 bits per heavy atom. The molecule has 1 aliphatic heterocycles. The Bertz CT molecular complexity index is 1390. The number of nitrogens with one attached hydrogen (secondary N) is 3. The number of imide groups is 1. The maximum Gasteiger partial charge on any atom is 0.325 e. The van der Waals surface area contributed by atoms with Gasteiger partial charge < -0.3 is 21.5 Å². The van der Waals surface area contributed by atoms with Gasteiger partial charge in [-0.3, -0.25) is 24.7 Å². The molecular weight excluding hydrogens is 486 g/mol. The average Bonchev–Trinajstić information content (AvgIpc) is 3.12. The fraction of sp³-hybridized carbons (Fsp3) is 0.179. The second kappa shape index (κ2) is 10.6. The Kier molecular flexibility index (Phi) is 7.24. The predicted molar refractivity (Wildman–Crippen MR) is 140 cm³/mol. The molecule has 10 nitrogen and oxygen atoms in total. The van der Waals surface area contributed by atoms with Gasteiger partial charge >= 0.3 is 12.0 Å². The minimum atomic E-state index is -1.42. The van der Waals surface area contributed by atoms with Crippen LogP contribution in [0.15, 0.2) is 78.9 Å². The van der Waals surface area contributed by atoms with Crippen LogP contribution in [-0.2, 0) is 19.9 Å². The first-order chi connectivity index (χ1) is 18.1. The van der Waals surface area contributed by atoms with Gasteiger partial charge in [-0.25, -0.2) is 4.79 Å². The van der Waals surface area contributed by atoms with E-state index in [0.717, 1.165) is 16.0 Å². The highest BCUT2D eigenvalue weighted by Crippen LogP contribution is 2.29. The Morgan fingerprint density at radius 2 is 1.61 bits per heavy atom. The monoisotopic (exact) mass is 513 g/mol. The third-order valence-electron chi connectivity index (χ3n) is 6.48. The molecule has 194 valence electrons. The molecule has 2 atom stereocenters. The molecule has 0 spiro atoms. The minimum Gasteiger partial charge on any atom is -0.481 e. The summed E-state index contributed by atoms with van der Waals surface area (Å²) in [7, 11) is 0. The van der Waals surface area contributed by atoms with Crippen molar-refractivity contribution < 1.29 is 24.3 Å². The van der Waals surface area contributed by atoms with Crippen molar-refractivity contribution in [3.05, 3.63) is 95.6 Å². The zero-order valence-electron chi connectivity index (χ0n) is 20.6. The molecule has 0 saturated carbocycles. The summed E-state index contributed by atoms with van der Waals surface area (Å²) in [6.45, 7) is 0.944. The van der Waals surface area contributed by atoms with Crippen LogP contribution in [0.1, 0.15) is 36.1 Å². The quantitative estimate of drug-likeness (QED) is 0.168. The van der Waals surface area contributed by atoms with Crippen molar-refractivity contribution in [3.8, 4) is 11.1 Å². The number of carbonyl (C=O) groups excluding carboxylic acids is 3. The van der Waals surface area contributed by atoms with Crippen LogP contribution in [0.3, 0.4) is 0 Å². The number of amidine groups is 1. The molecule has 0 radical (unpaired) electrons. The largest absolute Gasteiger partial charge is 0.481 e. The smallest absolute Gasteiger partial charge is 0.325 e. The molecule has 6 N–H and O–H groups in total. The molecule has 0 bridgehead atoms. The van der Waals surface area contributed by atoms with Crippen molar-refractivity contribution in [1.29, 1.82) is 5.41 Å². The van der Waals surface area contributed by atoms with Crippen molar-refractivity contribution in [3.63, 3.8) is 0 Å². The van der Waals surface area contributed by atoms with Gasteiger partial charge in [-0.2, -0.15) is 0 Å². The van der Waals surface area contributed by atoms with Crippen LogP contribution < -0.4 is 16.4 Å². The fourth-order valence-corrected chi connectivity index (χ4v) is 4.37. The van der Waals surface area contributed by atoms with Crippen LogP contribution in [-0.4, -0.2) is 46.2 Å². The number of carbonyl (C=O) groups is 4. The summed E-state index contributed by atoms with van der Waals surface area (Å²) in [6, 6.07) is 21.5. The Balaban J connectivity index is 1.48. The van der Waals surface area contributed by atoms with E-state index >= 15 is 0 Å². The number of carboxylic acid groups (broad SMARTS) is 1. The Hall–Kier alpha value is -4.99. The van der Waals surface area contributed by atoms with E-state index in [4.69, 9.17) is 11.1 Å². The summed E-state index contributed by atoms with van der Waals surface area (Å²) >= 11 is 0. The Morgan fingerprint density at radius 1 is 1.00 bits per heavy atom. The lowest BCUT2D eigenvalue weighted by Gasteiger charge is -2.23. The first-order valence-corrected chi connectivity index (χ1v) is 11.8. The van der Waals surface area contributed by atoms with Crippen molar-refractivity contribution in [2.75, 3.05) is 6.54 Å². The molecule has 10 heteroatoms. The molecule has 0 aromatic heterocycles. The molecule has 0 aliphatic carbocycles. The van der Waals surface area contributed by atoms with Crippen LogP contribution in [0, 0.1) is 5.41 Å². The number of nitrogens with zero attached hydrogens (tertiary/aromatic N) is 1. The number of hydrogen-bond donors (Lipinski definition) is 5. The Labute approximate surface area is 219 Å². The average molecular weight is 514 g/mol. The van der Waals surface area contributed by atoms with Crippen LogP contribution in [0.4, 0.5) is 4.79 Å². The van der Waals surface area contributed by atoms with E-state index in [0.29, 0.717) is 16.7 Å². The fourth-order valence-electron chi connectivity index (χ4n) is 4.37. The number of amides is 4. The van der Waals surface area contributed by atoms with Gasteiger partial charge in [-0.1, -0.05) is 78.9 Å². The minimum absolute atomic E-state index is 0.132. The number of nitrogen functional groups attached to an aromatic ring is 1. The number of nitrogens with two attached hydrogens (primary N) is 1. The summed E-state index contributed by atoms with van der Waals surface area (Å²) < 4.78 is 0. The van der Waals surface area contributed by atoms with Gasteiger partial charge in [0, 0.05) is 5.56 Å². The van der Waals surface area contributed by atoms with E-state index < -0.39 is 41.9 Å². The van der Waals surface area contributed by atoms with Crippen LogP contribution in [0.25, 0.3) is 11.1 Å². The highest BCUT2D eigenvalue weighted by atomic mass is 16.4. The topological polar surface area (TPSA) is 166 Å². The van der Waals surface area contributed by atoms with Crippen molar-refractivity contribution in [2.45, 2.75) is 24.9 Å². The number of carboxylic acids is 1. The molecule has 38 heavy (non-hydrogen) atoms. The highest BCUT2D eigenvalue weighted by Gasteiger charge is 2.49. The van der Waals surface area contributed by atoms with Gasteiger partial charge in [0.1, 0.15) is 17.9 Å². The second-order valence-electron chi connectivity index (χ2n) is 9.14. The lowest BCUT2D eigenvalue weighted by molar-refractivity contribution is -0.138.